The molecule has 2 fully saturated rings. The van der Waals surface area contributed by atoms with Gasteiger partial charge in [-0.2, -0.15) is 0 Å². The number of nitrogens with one attached hydrogen (secondary N) is 1. The highest BCUT2D eigenvalue weighted by molar-refractivity contribution is 5.81. The average Bonchev–Trinajstić information content (AvgIpc) is 2.39. The molecule has 4 heteroatoms. The van der Waals surface area contributed by atoms with E-state index in [1.54, 1.807) is 0 Å². The monoisotopic (exact) mass is 240 g/mol. The van der Waals surface area contributed by atoms with E-state index in [1.165, 1.54) is 13.5 Å². The number of ether oxygens (including phenoxy) is 1. The molecule has 0 aromatic heterocycles. The van der Waals surface area contributed by atoms with E-state index in [9.17, 15) is 4.79 Å². The van der Waals surface area contributed by atoms with Crippen LogP contribution in [0.5, 0.6) is 0 Å². The molecule has 1 N–H and O–H groups in total. The highest BCUT2D eigenvalue weighted by Gasteiger charge is 2.50. The Kier molecular flexibility index (Phi) is 4.05. The summed E-state index contributed by atoms with van der Waals surface area (Å²) in [7, 11) is 1.52. The first kappa shape index (κ1) is 12.8. The highest BCUT2D eigenvalue weighted by Crippen LogP contribution is 2.39. The molecule has 0 bridgehead atoms. The minimum Gasteiger partial charge on any atom is -0.468 e. The molecular weight excluding hydrogens is 216 g/mol. The van der Waals surface area contributed by atoms with Crippen LogP contribution in [0.3, 0.4) is 0 Å². The van der Waals surface area contributed by atoms with Crippen molar-refractivity contribution in [1.29, 1.82) is 0 Å². The fraction of sp³-hybridized carbons (Fsp3) is 0.923. The van der Waals surface area contributed by atoms with Crippen molar-refractivity contribution in [3.63, 3.8) is 0 Å². The lowest BCUT2D eigenvalue weighted by Crippen LogP contribution is -2.64. The lowest BCUT2D eigenvalue weighted by Gasteiger charge is -2.49. The molecule has 1 heterocycles. The van der Waals surface area contributed by atoms with E-state index in [-0.39, 0.29) is 11.5 Å². The third-order valence-electron chi connectivity index (χ3n) is 4.48. The van der Waals surface area contributed by atoms with E-state index < -0.39 is 0 Å². The predicted octanol–water partition coefficient (Wildman–Crippen LogP) is 1.01. The molecule has 98 valence electrons. The molecule has 1 aliphatic heterocycles. The quantitative estimate of drug-likeness (QED) is 0.732. The molecule has 0 aromatic carbocycles. The van der Waals surface area contributed by atoms with Gasteiger partial charge in [-0.05, 0) is 18.8 Å². The number of carbonyl (C=O) groups excluding carboxylic acids is 1. The fourth-order valence-corrected chi connectivity index (χ4v) is 3.47. The minimum absolute atomic E-state index is 0.0217. The van der Waals surface area contributed by atoms with Gasteiger partial charge in [0.05, 0.1) is 7.11 Å². The third-order valence-corrected chi connectivity index (χ3v) is 4.48. The van der Waals surface area contributed by atoms with Gasteiger partial charge in [-0.15, -0.1) is 0 Å². The second-order valence-electron chi connectivity index (χ2n) is 5.30. The van der Waals surface area contributed by atoms with Gasteiger partial charge < -0.3 is 10.1 Å². The number of piperazine rings is 1. The molecule has 1 aliphatic carbocycles. The van der Waals surface area contributed by atoms with E-state index in [0.29, 0.717) is 5.92 Å². The predicted molar refractivity (Wildman–Crippen MR) is 66.8 cm³/mol. The molecule has 0 amide bonds. The zero-order chi connectivity index (χ0) is 12.3. The van der Waals surface area contributed by atoms with Gasteiger partial charge in [0.25, 0.3) is 0 Å². The Morgan fingerprint density at radius 1 is 1.35 bits per heavy atom. The van der Waals surface area contributed by atoms with Crippen molar-refractivity contribution < 1.29 is 9.53 Å². The van der Waals surface area contributed by atoms with Crippen molar-refractivity contribution in [2.75, 3.05) is 33.3 Å². The lowest BCUT2D eigenvalue weighted by atomic mass is 9.72. The van der Waals surface area contributed by atoms with Crippen LogP contribution in [-0.2, 0) is 9.53 Å². The van der Waals surface area contributed by atoms with Crippen LogP contribution in [0.2, 0.25) is 0 Å². The van der Waals surface area contributed by atoms with Crippen LogP contribution in [0, 0.1) is 5.92 Å². The molecule has 0 radical (unpaired) electrons. The van der Waals surface area contributed by atoms with E-state index in [1.807, 2.05) is 0 Å². The Labute approximate surface area is 104 Å². The van der Waals surface area contributed by atoms with Crippen LogP contribution in [0.15, 0.2) is 0 Å². The second kappa shape index (κ2) is 5.36. The summed E-state index contributed by atoms with van der Waals surface area (Å²) in [5, 5.41) is 3.35. The zero-order valence-corrected chi connectivity index (χ0v) is 11.0. The molecule has 2 rings (SSSR count). The van der Waals surface area contributed by atoms with Crippen molar-refractivity contribution in [3.05, 3.63) is 0 Å². The molecule has 4 nitrogen and oxygen atoms in total. The summed E-state index contributed by atoms with van der Waals surface area (Å²) in [6, 6.07) is 0. The summed E-state index contributed by atoms with van der Waals surface area (Å²) in [5.41, 5.74) is -0.352. The molecule has 2 aliphatic rings. The van der Waals surface area contributed by atoms with Gasteiger partial charge in [-0.1, -0.05) is 19.8 Å². The molecule has 1 saturated heterocycles. The van der Waals surface area contributed by atoms with Gasteiger partial charge in [-0.3, -0.25) is 9.69 Å². The van der Waals surface area contributed by atoms with Crippen molar-refractivity contribution in [2.24, 2.45) is 5.92 Å². The van der Waals surface area contributed by atoms with Crippen LogP contribution in [-0.4, -0.2) is 49.7 Å². The average molecular weight is 240 g/mol. The Hall–Kier alpha value is -0.610. The topological polar surface area (TPSA) is 41.6 Å². The number of esters is 1. The van der Waals surface area contributed by atoms with Crippen LogP contribution >= 0.6 is 0 Å². The number of nitrogens with zero attached hydrogens (tertiary/aromatic N) is 1. The Bertz CT molecular complexity index is 277. The van der Waals surface area contributed by atoms with Crippen molar-refractivity contribution in [1.82, 2.24) is 10.2 Å². The fourth-order valence-electron chi connectivity index (χ4n) is 3.47. The van der Waals surface area contributed by atoms with Crippen LogP contribution in [0.4, 0.5) is 0 Å². The first-order valence-corrected chi connectivity index (χ1v) is 6.76. The standard InChI is InChI=1S/C13H24N2O2/c1-11-5-3-4-6-13(11,12(16)17-2)15-9-7-14-8-10-15/h11,14H,3-10H2,1-2H3. The molecule has 2 unspecified atom stereocenters. The summed E-state index contributed by atoms with van der Waals surface area (Å²) in [4.78, 5) is 14.7. The second-order valence-corrected chi connectivity index (χ2v) is 5.30. The summed E-state index contributed by atoms with van der Waals surface area (Å²) in [6.07, 6.45) is 4.48. The number of rotatable bonds is 2. The van der Waals surface area contributed by atoms with E-state index in [0.717, 1.165) is 45.4 Å². The smallest absolute Gasteiger partial charge is 0.326 e. The van der Waals surface area contributed by atoms with Crippen LogP contribution in [0.1, 0.15) is 32.6 Å². The molecule has 2 atom stereocenters. The third kappa shape index (κ3) is 2.20. The minimum atomic E-state index is -0.352. The maximum Gasteiger partial charge on any atom is 0.326 e. The van der Waals surface area contributed by atoms with E-state index >= 15 is 0 Å². The van der Waals surface area contributed by atoms with Gasteiger partial charge in [0, 0.05) is 26.2 Å². The number of hydrogen-bond acceptors (Lipinski definition) is 4. The maximum absolute atomic E-state index is 12.3. The van der Waals surface area contributed by atoms with Gasteiger partial charge >= 0.3 is 5.97 Å². The highest BCUT2D eigenvalue weighted by atomic mass is 16.5. The first-order valence-electron chi connectivity index (χ1n) is 6.76. The van der Waals surface area contributed by atoms with Gasteiger partial charge in [-0.25, -0.2) is 0 Å². The molecule has 1 saturated carbocycles. The summed E-state index contributed by atoms with van der Waals surface area (Å²) in [6.45, 7) is 6.08. The van der Waals surface area contributed by atoms with Crippen LogP contribution < -0.4 is 5.32 Å². The maximum atomic E-state index is 12.3. The molecule has 0 spiro atoms. The Morgan fingerprint density at radius 3 is 2.65 bits per heavy atom. The summed E-state index contributed by atoms with van der Waals surface area (Å²) in [5.74, 6) is 0.383. The SMILES string of the molecule is COC(=O)C1(N2CCNCC2)CCCCC1C. The first-order chi connectivity index (χ1) is 8.21. The number of carbonyl (C=O) groups is 1. The largest absolute Gasteiger partial charge is 0.468 e. The van der Waals surface area contributed by atoms with Gasteiger partial charge in [0.1, 0.15) is 5.54 Å². The van der Waals surface area contributed by atoms with E-state index in [4.69, 9.17) is 4.74 Å². The normalized spacial score (nSPS) is 35.5. The van der Waals surface area contributed by atoms with Crippen LogP contribution in [0.25, 0.3) is 0 Å². The Balaban J connectivity index is 2.24. The van der Waals surface area contributed by atoms with E-state index in [2.05, 4.69) is 17.1 Å². The molecule has 17 heavy (non-hydrogen) atoms. The molecule has 0 aromatic rings. The summed E-state index contributed by atoms with van der Waals surface area (Å²) >= 11 is 0. The molecular formula is C13H24N2O2. The number of hydrogen-bond donors (Lipinski definition) is 1. The zero-order valence-electron chi connectivity index (χ0n) is 11.0. The summed E-state index contributed by atoms with van der Waals surface area (Å²) < 4.78 is 5.12. The lowest BCUT2D eigenvalue weighted by molar-refractivity contribution is -0.163. The Morgan fingerprint density at radius 2 is 2.06 bits per heavy atom. The van der Waals surface area contributed by atoms with Crippen molar-refractivity contribution in [2.45, 2.75) is 38.1 Å². The number of methoxy groups -OCH3 is 1. The van der Waals surface area contributed by atoms with Crippen molar-refractivity contribution in [3.8, 4) is 0 Å². The van der Waals surface area contributed by atoms with Crippen molar-refractivity contribution >= 4 is 5.97 Å². The van der Waals surface area contributed by atoms with Gasteiger partial charge in [0.2, 0.25) is 0 Å². The van der Waals surface area contributed by atoms with Gasteiger partial charge in [0.15, 0.2) is 0 Å².